The minimum Gasteiger partial charge on any atom is -0.441 e. The minimum absolute atomic E-state index is 0.549. The fraction of sp³-hybridized carbons (Fsp3) is 0.364. The van der Waals surface area contributed by atoms with Crippen LogP contribution in [0.15, 0.2) is 22.6 Å². The zero-order valence-corrected chi connectivity index (χ0v) is 9.03. The van der Waals surface area contributed by atoms with Gasteiger partial charge < -0.3 is 10.2 Å². The zero-order valence-electron chi connectivity index (χ0n) is 9.03. The molecule has 0 aliphatic heterocycles. The first-order valence-electron chi connectivity index (χ1n) is 4.93. The lowest BCUT2D eigenvalue weighted by Gasteiger charge is -2.12. The summed E-state index contributed by atoms with van der Waals surface area (Å²) in [6, 6.07) is 6.05. The van der Waals surface area contributed by atoms with Gasteiger partial charge in [-0.15, -0.1) is 0 Å². The van der Waals surface area contributed by atoms with Crippen LogP contribution in [0, 0.1) is 6.92 Å². The molecule has 0 spiro atoms. The Morgan fingerprint density at radius 1 is 1.47 bits per heavy atom. The van der Waals surface area contributed by atoms with E-state index < -0.39 is 0 Å². The van der Waals surface area contributed by atoms with Gasteiger partial charge in [0.25, 0.3) is 0 Å². The van der Waals surface area contributed by atoms with Gasteiger partial charge in [-0.1, -0.05) is 6.07 Å². The van der Waals surface area contributed by atoms with Crippen molar-refractivity contribution in [3.05, 3.63) is 29.7 Å². The van der Waals surface area contributed by atoms with Crippen LogP contribution in [0.4, 0.5) is 0 Å². The third kappa shape index (κ3) is 2.16. The normalized spacial score (nSPS) is 11.5. The van der Waals surface area contributed by atoms with Crippen LogP contribution in [0.25, 0.3) is 11.1 Å². The molecule has 2 rings (SSSR count). The molecule has 0 aliphatic carbocycles. The molecule has 0 bridgehead atoms. The van der Waals surface area contributed by atoms with Gasteiger partial charge in [-0.3, -0.25) is 4.90 Å². The molecule has 0 amide bonds. The second-order valence-corrected chi connectivity index (χ2v) is 3.73. The van der Waals surface area contributed by atoms with Gasteiger partial charge in [-0.2, -0.15) is 0 Å². The number of aromatic nitrogens is 1. The maximum atomic E-state index is 5.53. The van der Waals surface area contributed by atoms with Crippen molar-refractivity contribution in [3.8, 4) is 0 Å². The molecule has 1 aromatic carbocycles. The second kappa shape index (κ2) is 4.00. The van der Waals surface area contributed by atoms with E-state index in [9.17, 15) is 0 Å². The maximum absolute atomic E-state index is 5.53. The van der Waals surface area contributed by atoms with Crippen molar-refractivity contribution >= 4 is 11.1 Å². The van der Waals surface area contributed by atoms with Crippen LogP contribution >= 0.6 is 0 Å². The van der Waals surface area contributed by atoms with E-state index in [0.717, 1.165) is 17.6 Å². The second-order valence-electron chi connectivity index (χ2n) is 3.73. The topological polar surface area (TPSA) is 55.3 Å². The average molecular weight is 205 g/mol. The van der Waals surface area contributed by atoms with E-state index in [-0.39, 0.29) is 0 Å². The van der Waals surface area contributed by atoms with Gasteiger partial charge in [0.15, 0.2) is 11.5 Å². The fourth-order valence-electron chi connectivity index (χ4n) is 1.56. The number of hydrogen-bond acceptors (Lipinski definition) is 4. The molecular weight excluding hydrogens is 190 g/mol. The van der Waals surface area contributed by atoms with Gasteiger partial charge in [0.05, 0.1) is 0 Å². The van der Waals surface area contributed by atoms with Crippen molar-refractivity contribution in [2.45, 2.75) is 13.5 Å². The summed E-state index contributed by atoms with van der Waals surface area (Å²) in [5.41, 5.74) is 8.47. The summed E-state index contributed by atoms with van der Waals surface area (Å²) in [7, 11) is 1.98. The lowest BCUT2D eigenvalue weighted by molar-refractivity contribution is 0.337. The molecule has 0 aliphatic rings. The highest BCUT2D eigenvalue weighted by atomic mass is 16.3. The Hall–Kier alpha value is -1.39. The quantitative estimate of drug-likeness (QED) is 0.771. The van der Waals surface area contributed by atoms with Gasteiger partial charge >= 0.3 is 0 Å². The van der Waals surface area contributed by atoms with Crippen molar-refractivity contribution in [3.63, 3.8) is 0 Å². The summed E-state index contributed by atoms with van der Waals surface area (Å²) in [5, 5.41) is 0. The molecule has 0 radical (unpaired) electrons. The van der Waals surface area contributed by atoms with Gasteiger partial charge in [0.1, 0.15) is 5.52 Å². The molecule has 0 saturated carbocycles. The number of nitrogens with zero attached hydrogens (tertiary/aromatic N) is 2. The first kappa shape index (κ1) is 10.1. The molecule has 0 saturated heterocycles. The molecule has 0 unspecified atom stereocenters. The number of hydrogen-bond donors (Lipinski definition) is 1. The molecule has 2 N–H and O–H groups in total. The molecule has 4 nitrogen and oxygen atoms in total. The third-order valence-corrected chi connectivity index (χ3v) is 2.32. The molecule has 0 fully saturated rings. The highest BCUT2D eigenvalue weighted by Gasteiger charge is 2.04. The maximum Gasteiger partial charge on any atom is 0.192 e. The summed E-state index contributed by atoms with van der Waals surface area (Å²) in [5.74, 6) is 0.703. The van der Waals surface area contributed by atoms with Crippen molar-refractivity contribution in [2.24, 2.45) is 5.73 Å². The number of rotatable bonds is 3. The van der Waals surface area contributed by atoms with E-state index in [1.165, 1.54) is 5.56 Å². The van der Waals surface area contributed by atoms with Gasteiger partial charge in [-0.05, 0) is 24.7 Å². The Morgan fingerprint density at radius 2 is 2.27 bits per heavy atom. The van der Waals surface area contributed by atoms with Crippen molar-refractivity contribution in [2.75, 3.05) is 13.7 Å². The van der Waals surface area contributed by atoms with Crippen molar-refractivity contribution < 1.29 is 4.42 Å². The van der Waals surface area contributed by atoms with Crippen LogP contribution in [-0.2, 0) is 6.54 Å². The smallest absolute Gasteiger partial charge is 0.192 e. The van der Waals surface area contributed by atoms with Crippen LogP contribution in [0.2, 0.25) is 0 Å². The molecule has 0 atom stereocenters. The van der Waals surface area contributed by atoms with Crippen molar-refractivity contribution in [1.82, 2.24) is 9.88 Å². The first-order valence-corrected chi connectivity index (χ1v) is 4.93. The minimum atomic E-state index is 0.549. The summed E-state index contributed by atoms with van der Waals surface area (Å²) in [4.78, 5) is 6.28. The summed E-state index contributed by atoms with van der Waals surface area (Å²) >= 11 is 0. The van der Waals surface area contributed by atoms with E-state index in [1.807, 2.05) is 31.0 Å². The van der Waals surface area contributed by atoms with Crippen molar-refractivity contribution in [1.29, 1.82) is 0 Å². The van der Waals surface area contributed by atoms with E-state index in [0.29, 0.717) is 12.6 Å². The number of aryl methyl sites for hydroxylation is 1. The zero-order chi connectivity index (χ0) is 10.8. The largest absolute Gasteiger partial charge is 0.441 e. The van der Waals surface area contributed by atoms with Crippen LogP contribution in [0.5, 0.6) is 0 Å². The average Bonchev–Trinajstić information content (AvgIpc) is 2.57. The van der Waals surface area contributed by atoms with Gasteiger partial charge in [-0.25, -0.2) is 4.98 Å². The summed E-state index contributed by atoms with van der Waals surface area (Å²) in [6.45, 7) is 3.23. The van der Waals surface area contributed by atoms with E-state index in [2.05, 4.69) is 11.1 Å². The Bertz CT molecular complexity index is 464. The highest BCUT2D eigenvalue weighted by molar-refractivity contribution is 5.73. The number of fused-ring (bicyclic) bond motifs is 1. The molecule has 1 heterocycles. The van der Waals surface area contributed by atoms with E-state index in [4.69, 9.17) is 10.2 Å². The Balaban J connectivity index is 2.30. The molecule has 1 aromatic heterocycles. The third-order valence-electron chi connectivity index (χ3n) is 2.32. The molecule has 80 valence electrons. The summed E-state index contributed by atoms with van der Waals surface area (Å²) in [6.07, 6.45) is 0. The van der Waals surface area contributed by atoms with Crippen LogP contribution in [0.1, 0.15) is 11.5 Å². The molecule has 2 aromatic rings. The van der Waals surface area contributed by atoms with Gasteiger partial charge in [0, 0.05) is 20.1 Å². The van der Waals surface area contributed by atoms with Crippen LogP contribution < -0.4 is 5.73 Å². The number of benzene rings is 1. The Kier molecular flexibility index (Phi) is 2.70. The SMILES string of the molecule is Cc1nc2ccc(CN(C)CN)cc2o1. The lowest BCUT2D eigenvalue weighted by Crippen LogP contribution is -2.24. The van der Waals surface area contributed by atoms with Crippen LogP contribution in [0.3, 0.4) is 0 Å². The highest BCUT2D eigenvalue weighted by Crippen LogP contribution is 2.17. The van der Waals surface area contributed by atoms with E-state index in [1.54, 1.807) is 0 Å². The molecule has 4 heteroatoms. The van der Waals surface area contributed by atoms with Crippen LogP contribution in [-0.4, -0.2) is 23.6 Å². The standard InChI is InChI=1S/C11H15N3O/c1-8-13-10-4-3-9(5-11(10)15-8)6-14(2)7-12/h3-5H,6-7,12H2,1-2H3. The monoisotopic (exact) mass is 205 g/mol. The summed E-state index contributed by atoms with van der Waals surface area (Å²) < 4.78 is 5.46. The van der Waals surface area contributed by atoms with E-state index >= 15 is 0 Å². The molecule has 15 heavy (non-hydrogen) atoms. The lowest BCUT2D eigenvalue weighted by atomic mass is 10.2. The Morgan fingerprint density at radius 3 is 3.00 bits per heavy atom. The number of nitrogens with two attached hydrogens (primary N) is 1. The van der Waals surface area contributed by atoms with Gasteiger partial charge in [0.2, 0.25) is 0 Å². The number of oxazole rings is 1. The molecular formula is C11H15N3O. The first-order chi connectivity index (χ1) is 7.19. The fourth-order valence-corrected chi connectivity index (χ4v) is 1.56. The predicted octanol–water partition coefficient (Wildman–Crippen LogP) is 1.48. The Labute approximate surface area is 88.7 Å². The predicted molar refractivity (Wildman–Crippen MR) is 59.3 cm³/mol.